The molecular formula is C32H35F3. The second-order valence-corrected chi connectivity index (χ2v) is 9.86. The molecule has 0 aromatic heterocycles. The zero-order valence-electron chi connectivity index (χ0n) is 20.8. The fourth-order valence-corrected chi connectivity index (χ4v) is 5.17. The highest BCUT2D eigenvalue weighted by atomic mass is 19.2. The Hall–Kier alpha value is -2.81. The monoisotopic (exact) mass is 476 g/mol. The highest BCUT2D eigenvalue weighted by Gasteiger charge is 2.25. The molecule has 184 valence electrons. The van der Waals surface area contributed by atoms with Crippen molar-refractivity contribution < 1.29 is 13.2 Å². The van der Waals surface area contributed by atoms with Crippen molar-refractivity contribution in [3.8, 4) is 11.1 Å². The molecule has 0 aliphatic heterocycles. The molecule has 1 aliphatic rings. The van der Waals surface area contributed by atoms with E-state index in [-0.39, 0.29) is 17.3 Å². The summed E-state index contributed by atoms with van der Waals surface area (Å²) in [7, 11) is 0. The molecule has 0 unspecified atom stereocenters. The summed E-state index contributed by atoms with van der Waals surface area (Å²) in [5, 5.41) is 0. The summed E-state index contributed by atoms with van der Waals surface area (Å²) < 4.78 is 44.1. The van der Waals surface area contributed by atoms with Crippen molar-refractivity contribution in [3.63, 3.8) is 0 Å². The molecule has 0 radical (unpaired) electrons. The molecule has 1 saturated carbocycles. The van der Waals surface area contributed by atoms with E-state index in [0.717, 1.165) is 79.5 Å². The zero-order chi connectivity index (χ0) is 24.8. The van der Waals surface area contributed by atoms with Gasteiger partial charge in [-0.25, -0.2) is 13.2 Å². The minimum absolute atomic E-state index is 0.114. The van der Waals surface area contributed by atoms with Crippen molar-refractivity contribution in [2.75, 3.05) is 0 Å². The van der Waals surface area contributed by atoms with E-state index in [1.165, 1.54) is 0 Å². The average Bonchev–Trinajstić information content (AvgIpc) is 2.89. The molecule has 3 aromatic carbocycles. The van der Waals surface area contributed by atoms with E-state index in [9.17, 15) is 13.2 Å². The SMILES string of the molecule is CCCCc1ccc(-c2ccc(/C=C/c3ccc(C4CCC(CC)CC4)c(F)c3F)cc2)cc1F. The number of aryl methyl sites for hydroxylation is 1. The van der Waals surface area contributed by atoms with Crippen molar-refractivity contribution in [2.24, 2.45) is 5.92 Å². The van der Waals surface area contributed by atoms with Gasteiger partial charge in [0.2, 0.25) is 0 Å². The fraction of sp³-hybridized carbons (Fsp3) is 0.375. The Balaban J connectivity index is 1.45. The number of hydrogen-bond donors (Lipinski definition) is 0. The number of hydrogen-bond acceptors (Lipinski definition) is 0. The summed E-state index contributed by atoms with van der Waals surface area (Å²) in [4.78, 5) is 0. The summed E-state index contributed by atoms with van der Waals surface area (Å²) >= 11 is 0. The molecule has 0 saturated heterocycles. The number of rotatable bonds is 8. The number of halogens is 3. The molecule has 1 aliphatic carbocycles. The second kappa shape index (κ2) is 11.7. The van der Waals surface area contributed by atoms with Crippen molar-refractivity contribution in [3.05, 3.63) is 94.3 Å². The van der Waals surface area contributed by atoms with Gasteiger partial charge in [0.1, 0.15) is 5.82 Å². The molecule has 0 bridgehead atoms. The van der Waals surface area contributed by atoms with Crippen LogP contribution in [0.1, 0.15) is 87.0 Å². The summed E-state index contributed by atoms with van der Waals surface area (Å²) in [5.74, 6) is -0.807. The lowest BCUT2D eigenvalue weighted by Crippen LogP contribution is -2.14. The summed E-state index contributed by atoms with van der Waals surface area (Å²) in [6.07, 6.45) is 11.4. The van der Waals surface area contributed by atoms with Crippen LogP contribution < -0.4 is 0 Å². The smallest absolute Gasteiger partial charge is 0.166 e. The van der Waals surface area contributed by atoms with E-state index < -0.39 is 11.6 Å². The molecule has 0 atom stereocenters. The maximum absolute atomic E-state index is 14.9. The molecular weight excluding hydrogens is 441 g/mol. The van der Waals surface area contributed by atoms with E-state index in [0.29, 0.717) is 5.56 Å². The average molecular weight is 477 g/mol. The van der Waals surface area contributed by atoms with Crippen LogP contribution in [-0.2, 0) is 6.42 Å². The molecule has 0 heterocycles. The molecule has 1 fully saturated rings. The summed E-state index contributed by atoms with van der Waals surface area (Å²) in [6.45, 7) is 4.30. The van der Waals surface area contributed by atoms with Gasteiger partial charge in [-0.2, -0.15) is 0 Å². The highest BCUT2D eigenvalue weighted by Crippen LogP contribution is 2.38. The van der Waals surface area contributed by atoms with E-state index in [1.807, 2.05) is 36.4 Å². The molecule has 4 rings (SSSR count). The minimum atomic E-state index is -0.772. The van der Waals surface area contributed by atoms with Crippen LogP contribution in [0.2, 0.25) is 0 Å². The Morgan fingerprint density at radius 1 is 0.771 bits per heavy atom. The van der Waals surface area contributed by atoms with Gasteiger partial charge in [-0.3, -0.25) is 0 Å². The van der Waals surface area contributed by atoms with E-state index in [2.05, 4.69) is 13.8 Å². The van der Waals surface area contributed by atoms with Crippen LogP contribution in [0.25, 0.3) is 23.3 Å². The molecule has 0 amide bonds. The first kappa shape index (κ1) is 25.3. The van der Waals surface area contributed by atoms with Gasteiger partial charge in [0, 0.05) is 5.56 Å². The molecule has 0 N–H and O–H groups in total. The van der Waals surface area contributed by atoms with Crippen LogP contribution in [0.3, 0.4) is 0 Å². The van der Waals surface area contributed by atoms with Gasteiger partial charge in [0.25, 0.3) is 0 Å². The number of unbranched alkanes of at least 4 members (excludes halogenated alkanes) is 1. The van der Waals surface area contributed by atoms with Gasteiger partial charge in [-0.05, 0) is 84.2 Å². The molecule has 0 spiro atoms. The first-order valence-electron chi connectivity index (χ1n) is 13.0. The van der Waals surface area contributed by atoms with Gasteiger partial charge in [-0.1, -0.05) is 87.4 Å². The lowest BCUT2D eigenvalue weighted by atomic mass is 9.77. The lowest BCUT2D eigenvalue weighted by molar-refractivity contribution is 0.312. The van der Waals surface area contributed by atoms with Gasteiger partial charge < -0.3 is 0 Å². The van der Waals surface area contributed by atoms with Crippen molar-refractivity contribution >= 4 is 12.2 Å². The summed E-state index contributed by atoms with van der Waals surface area (Å²) in [5.41, 5.74) is 4.14. The van der Waals surface area contributed by atoms with Gasteiger partial charge in [0.15, 0.2) is 11.6 Å². The van der Waals surface area contributed by atoms with Gasteiger partial charge >= 0.3 is 0 Å². The predicted molar refractivity (Wildman–Crippen MR) is 141 cm³/mol. The van der Waals surface area contributed by atoms with Gasteiger partial charge in [-0.15, -0.1) is 0 Å². The van der Waals surface area contributed by atoms with Crippen LogP contribution in [0.5, 0.6) is 0 Å². The van der Waals surface area contributed by atoms with Crippen molar-refractivity contribution in [1.82, 2.24) is 0 Å². The minimum Gasteiger partial charge on any atom is -0.207 e. The van der Waals surface area contributed by atoms with E-state index in [1.54, 1.807) is 30.4 Å². The number of benzene rings is 3. The Morgan fingerprint density at radius 2 is 1.49 bits per heavy atom. The second-order valence-electron chi connectivity index (χ2n) is 9.86. The lowest BCUT2D eigenvalue weighted by Gasteiger charge is -2.28. The van der Waals surface area contributed by atoms with Crippen LogP contribution in [0, 0.1) is 23.4 Å². The third-order valence-corrected chi connectivity index (χ3v) is 7.56. The van der Waals surface area contributed by atoms with Crippen LogP contribution in [-0.4, -0.2) is 0 Å². The predicted octanol–water partition coefficient (Wildman–Crippen LogP) is 9.97. The maximum atomic E-state index is 14.9. The first-order valence-corrected chi connectivity index (χ1v) is 13.0. The zero-order valence-corrected chi connectivity index (χ0v) is 20.8. The Labute approximate surface area is 207 Å². The molecule has 3 aromatic rings. The summed E-state index contributed by atoms with van der Waals surface area (Å²) in [6, 6.07) is 16.5. The van der Waals surface area contributed by atoms with Crippen molar-refractivity contribution in [1.29, 1.82) is 0 Å². The first-order chi connectivity index (χ1) is 17.0. The Bertz CT molecular complexity index is 1150. The standard InChI is InChI=1S/C32H35F3/c1-3-5-6-26-17-18-28(21-30(26)33)24-12-9-23(10-13-24)11-16-27-19-20-29(32(35)31(27)34)25-14-7-22(4-2)8-15-25/h9-13,16-22,25H,3-8,14-15H2,1-2H3/b16-11+. The maximum Gasteiger partial charge on any atom is 0.166 e. The van der Waals surface area contributed by atoms with E-state index >= 15 is 0 Å². The third kappa shape index (κ3) is 6.07. The highest BCUT2D eigenvalue weighted by molar-refractivity contribution is 5.72. The molecule has 0 nitrogen and oxygen atoms in total. The largest absolute Gasteiger partial charge is 0.207 e. The quantitative estimate of drug-likeness (QED) is 0.284. The van der Waals surface area contributed by atoms with Crippen LogP contribution >= 0.6 is 0 Å². The van der Waals surface area contributed by atoms with Gasteiger partial charge in [0.05, 0.1) is 0 Å². The Kier molecular flexibility index (Phi) is 8.49. The molecule has 3 heteroatoms. The van der Waals surface area contributed by atoms with E-state index in [4.69, 9.17) is 0 Å². The van der Waals surface area contributed by atoms with Crippen LogP contribution in [0.15, 0.2) is 54.6 Å². The third-order valence-electron chi connectivity index (χ3n) is 7.56. The topological polar surface area (TPSA) is 0 Å². The fourth-order valence-electron chi connectivity index (χ4n) is 5.17. The normalized spacial score (nSPS) is 18.3. The molecule has 35 heavy (non-hydrogen) atoms. The van der Waals surface area contributed by atoms with Crippen LogP contribution in [0.4, 0.5) is 13.2 Å². The van der Waals surface area contributed by atoms with Crippen molar-refractivity contribution in [2.45, 2.75) is 71.1 Å². The Morgan fingerprint density at radius 3 is 2.14 bits per heavy atom.